The third-order valence-corrected chi connectivity index (χ3v) is 7.33. The second-order valence-corrected chi connectivity index (χ2v) is 9.75. The fraction of sp³-hybridized carbons (Fsp3) is 0.429. The van der Waals surface area contributed by atoms with Crippen LogP contribution in [0.1, 0.15) is 80.0 Å². The van der Waals surface area contributed by atoms with Crippen molar-refractivity contribution in [2.24, 2.45) is 0 Å². The Morgan fingerprint density at radius 1 is 1.06 bits per heavy atom. The van der Waals surface area contributed by atoms with E-state index >= 15 is 0 Å². The summed E-state index contributed by atoms with van der Waals surface area (Å²) in [5, 5.41) is 14.1. The van der Waals surface area contributed by atoms with Gasteiger partial charge in [-0.3, -0.25) is 9.69 Å². The molecule has 1 aliphatic rings. The minimum Gasteiger partial charge on any atom is -0.321 e. The number of para-hydroxylation sites is 1. The van der Waals surface area contributed by atoms with Crippen molar-refractivity contribution in [3.8, 4) is 0 Å². The van der Waals surface area contributed by atoms with Crippen molar-refractivity contribution in [2.75, 3.05) is 0 Å². The Morgan fingerprint density at radius 2 is 1.86 bits per heavy atom. The molecule has 35 heavy (non-hydrogen) atoms. The fourth-order valence-electron chi connectivity index (χ4n) is 5.47. The van der Waals surface area contributed by atoms with Crippen LogP contribution in [0, 0.1) is 6.92 Å². The molecule has 1 atom stereocenters. The van der Waals surface area contributed by atoms with Crippen molar-refractivity contribution < 1.29 is 0 Å². The molecule has 4 aromatic rings. The summed E-state index contributed by atoms with van der Waals surface area (Å²) in [7, 11) is 0. The number of aromatic amines is 1. The second kappa shape index (κ2) is 10.5. The normalized spacial score (nSPS) is 15.6. The maximum absolute atomic E-state index is 13.2. The van der Waals surface area contributed by atoms with Crippen molar-refractivity contribution in [3.63, 3.8) is 0 Å². The smallest absolute Gasteiger partial charge is 0.252 e. The minimum atomic E-state index is -0.0356. The first-order valence-electron chi connectivity index (χ1n) is 12.8. The number of H-pyrrole nitrogens is 1. The van der Waals surface area contributed by atoms with E-state index in [1.807, 2.05) is 31.2 Å². The molecule has 0 aliphatic heterocycles. The summed E-state index contributed by atoms with van der Waals surface area (Å²) in [6, 6.07) is 18.9. The van der Waals surface area contributed by atoms with Crippen LogP contribution in [0.4, 0.5) is 0 Å². The van der Waals surface area contributed by atoms with Gasteiger partial charge in [-0.2, -0.15) is 0 Å². The molecule has 0 bridgehead atoms. The lowest BCUT2D eigenvalue weighted by Gasteiger charge is -2.32. The van der Waals surface area contributed by atoms with Gasteiger partial charge in [-0.25, -0.2) is 4.68 Å². The molecule has 2 aromatic carbocycles. The first kappa shape index (κ1) is 23.4. The minimum absolute atomic E-state index is 0.000242. The molecule has 2 aromatic heterocycles. The fourth-order valence-corrected chi connectivity index (χ4v) is 5.47. The van der Waals surface area contributed by atoms with Crippen LogP contribution < -0.4 is 5.56 Å². The number of fused-ring (bicyclic) bond motifs is 1. The Hall–Kier alpha value is -3.32. The zero-order valence-electron chi connectivity index (χ0n) is 20.7. The van der Waals surface area contributed by atoms with Crippen molar-refractivity contribution in [1.82, 2.24) is 30.1 Å². The molecular weight excluding hydrogens is 436 g/mol. The molecule has 1 aliphatic carbocycles. The average Bonchev–Trinajstić information content (AvgIpc) is 3.36. The zero-order chi connectivity index (χ0) is 24.2. The van der Waals surface area contributed by atoms with Gasteiger partial charge >= 0.3 is 0 Å². The topological polar surface area (TPSA) is 79.7 Å². The maximum Gasteiger partial charge on any atom is 0.252 e. The van der Waals surface area contributed by atoms with E-state index in [4.69, 9.17) is 0 Å². The van der Waals surface area contributed by atoms with E-state index in [0.717, 1.165) is 47.1 Å². The average molecular weight is 471 g/mol. The molecule has 0 spiro atoms. The van der Waals surface area contributed by atoms with E-state index in [-0.39, 0.29) is 11.6 Å². The van der Waals surface area contributed by atoms with Crippen LogP contribution in [0.2, 0.25) is 0 Å². The van der Waals surface area contributed by atoms with E-state index in [2.05, 4.69) is 67.3 Å². The van der Waals surface area contributed by atoms with Gasteiger partial charge in [0.2, 0.25) is 0 Å². The summed E-state index contributed by atoms with van der Waals surface area (Å²) in [6.45, 7) is 5.43. The summed E-state index contributed by atoms with van der Waals surface area (Å²) in [4.78, 5) is 18.6. The maximum atomic E-state index is 13.2. The lowest BCUT2D eigenvalue weighted by Crippen LogP contribution is -2.33. The number of aromatic nitrogens is 5. The van der Waals surface area contributed by atoms with E-state index in [0.29, 0.717) is 19.1 Å². The van der Waals surface area contributed by atoms with Gasteiger partial charge in [-0.05, 0) is 59.2 Å². The van der Waals surface area contributed by atoms with Crippen molar-refractivity contribution in [3.05, 3.63) is 87.5 Å². The summed E-state index contributed by atoms with van der Waals surface area (Å²) in [5.74, 6) is 0.906. The quantitative estimate of drug-likeness (QED) is 0.369. The standard InChI is InChI=1S/C28H34N6O/c1-3-25(27-30-31-32-34(27)24-15-8-5-9-16-24)33(18-21-12-6-4-7-13-21)19-23-17-22-14-10-11-20(2)26(22)29-28(23)35/h4,6-7,10-14,17,24-25H,3,5,8-9,15-16,18-19H2,1-2H3,(H,29,35)/t25-/m1/s1. The third kappa shape index (κ3) is 5.05. The number of rotatable bonds is 8. The lowest BCUT2D eigenvalue weighted by molar-refractivity contribution is 0.155. The van der Waals surface area contributed by atoms with Crippen molar-refractivity contribution in [1.29, 1.82) is 0 Å². The van der Waals surface area contributed by atoms with Crippen LogP contribution in [-0.4, -0.2) is 30.1 Å². The van der Waals surface area contributed by atoms with E-state index in [9.17, 15) is 4.79 Å². The number of hydrogen-bond acceptors (Lipinski definition) is 5. The van der Waals surface area contributed by atoms with Gasteiger partial charge in [0, 0.05) is 18.7 Å². The van der Waals surface area contributed by atoms with Crippen LogP contribution in [0.5, 0.6) is 0 Å². The number of nitrogens with one attached hydrogen (secondary N) is 1. The largest absolute Gasteiger partial charge is 0.321 e. The van der Waals surface area contributed by atoms with Crippen molar-refractivity contribution in [2.45, 2.75) is 77.5 Å². The Bertz CT molecular complexity index is 1320. The molecule has 0 amide bonds. The molecule has 0 unspecified atom stereocenters. The molecule has 0 saturated heterocycles. The Balaban J connectivity index is 1.52. The van der Waals surface area contributed by atoms with Gasteiger partial charge in [0.15, 0.2) is 5.82 Å². The number of nitrogens with zero attached hydrogens (tertiary/aromatic N) is 5. The van der Waals surface area contributed by atoms with Gasteiger partial charge in [0.1, 0.15) is 0 Å². The number of hydrogen-bond donors (Lipinski definition) is 1. The van der Waals surface area contributed by atoms with Crippen LogP contribution >= 0.6 is 0 Å². The van der Waals surface area contributed by atoms with Crippen LogP contribution in [0.3, 0.4) is 0 Å². The zero-order valence-corrected chi connectivity index (χ0v) is 20.7. The molecule has 5 rings (SSSR count). The van der Waals surface area contributed by atoms with Crippen LogP contribution in [0.15, 0.2) is 59.4 Å². The second-order valence-electron chi connectivity index (χ2n) is 9.75. The SMILES string of the molecule is CC[C@H](c1nnnn1C1CCCCC1)N(Cc1ccccc1)Cc1cc2cccc(C)c2[nH]c1=O. The highest BCUT2D eigenvalue weighted by Gasteiger charge is 2.29. The summed E-state index contributed by atoms with van der Waals surface area (Å²) in [5.41, 5.74) is 3.91. The molecule has 1 fully saturated rings. The summed E-state index contributed by atoms with van der Waals surface area (Å²) in [6.07, 6.45) is 6.83. The number of pyridine rings is 1. The molecule has 0 radical (unpaired) electrons. The molecular formula is C28H34N6O. The Labute approximate surface area is 206 Å². The molecule has 1 N–H and O–H groups in total. The number of tetrazole rings is 1. The number of aryl methyl sites for hydroxylation is 1. The molecule has 7 nitrogen and oxygen atoms in total. The predicted molar refractivity (Wildman–Crippen MR) is 138 cm³/mol. The first-order valence-corrected chi connectivity index (χ1v) is 12.8. The highest BCUT2D eigenvalue weighted by atomic mass is 16.1. The first-order chi connectivity index (χ1) is 17.1. The van der Waals surface area contributed by atoms with Gasteiger partial charge in [0.25, 0.3) is 5.56 Å². The van der Waals surface area contributed by atoms with Crippen molar-refractivity contribution >= 4 is 10.9 Å². The van der Waals surface area contributed by atoms with E-state index < -0.39 is 0 Å². The number of benzene rings is 2. The summed E-state index contributed by atoms with van der Waals surface area (Å²) < 4.78 is 2.07. The molecule has 7 heteroatoms. The van der Waals surface area contributed by atoms with E-state index in [1.165, 1.54) is 24.8 Å². The Morgan fingerprint density at radius 3 is 2.63 bits per heavy atom. The predicted octanol–water partition coefficient (Wildman–Crippen LogP) is 5.48. The van der Waals surface area contributed by atoms with Crippen LogP contribution in [0.25, 0.3) is 10.9 Å². The van der Waals surface area contributed by atoms with E-state index in [1.54, 1.807) is 0 Å². The highest BCUT2D eigenvalue weighted by Crippen LogP contribution is 2.32. The molecule has 2 heterocycles. The summed E-state index contributed by atoms with van der Waals surface area (Å²) >= 11 is 0. The third-order valence-electron chi connectivity index (χ3n) is 7.33. The monoisotopic (exact) mass is 470 g/mol. The van der Waals surface area contributed by atoms with Gasteiger partial charge in [-0.15, -0.1) is 5.10 Å². The lowest BCUT2D eigenvalue weighted by atomic mass is 9.95. The highest BCUT2D eigenvalue weighted by molar-refractivity contribution is 5.81. The Kier molecular flexibility index (Phi) is 7.04. The van der Waals surface area contributed by atoms with Crippen LogP contribution in [-0.2, 0) is 13.1 Å². The molecule has 182 valence electrons. The van der Waals surface area contributed by atoms with Gasteiger partial charge in [0.05, 0.1) is 17.6 Å². The van der Waals surface area contributed by atoms with Gasteiger partial charge < -0.3 is 4.98 Å². The molecule has 1 saturated carbocycles. The van der Waals surface area contributed by atoms with Gasteiger partial charge in [-0.1, -0.05) is 74.7 Å².